The second-order valence-corrected chi connectivity index (χ2v) is 9.99. The Morgan fingerprint density at radius 2 is 1.63 bits per heavy atom. The van der Waals surface area contributed by atoms with E-state index in [9.17, 15) is 24.3 Å². The second kappa shape index (κ2) is 14.3. The third-order valence-electron chi connectivity index (χ3n) is 6.95. The lowest BCUT2D eigenvalue weighted by Gasteiger charge is -2.40. The molecule has 35 heavy (non-hydrogen) atoms. The van der Waals surface area contributed by atoms with Crippen molar-refractivity contribution in [3.05, 3.63) is 0 Å². The summed E-state index contributed by atoms with van der Waals surface area (Å²) in [5, 5.41) is 11.8. The maximum Gasteiger partial charge on any atom is 0.407 e. The fourth-order valence-corrected chi connectivity index (χ4v) is 4.95. The van der Waals surface area contributed by atoms with Gasteiger partial charge in [-0.15, -0.1) is 0 Å². The van der Waals surface area contributed by atoms with E-state index in [1.807, 2.05) is 0 Å². The molecule has 0 bridgehead atoms. The minimum absolute atomic E-state index is 0.0257. The molecule has 4 atom stereocenters. The zero-order chi connectivity index (χ0) is 26.0. The first-order chi connectivity index (χ1) is 16.7. The average molecular weight is 498 g/mol. The Labute approximate surface area is 208 Å². The summed E-state index contributed by atoms with van der Waals surface area (Å²) in [6.07, 6.45) is 4.24. The van der Waals surface area contributed by atoms with Crippen LogP contribution in [0.5, 0.6) is 0 Å². The molecule has 0 spiro atoms. The predicted octanol–water partition coefficient (Wildman–Crippen LogP) is 2.36. The van der Waals surface area contributed by atoms with Gasteiger partial charge < -0.3 is 24.8 Å². The van der Waals surface area contributed by atoms with E-state index in [4.69, 9.17) is 9.47 Å². The summed E-state index contributed by atoms with van der Waals surface area (Å²) in [6.45, 7) is 9.26. The van der Waals surface area contributed by atoms with Crippen LogP contribution in [0, 0.1) is 23.7 Å². The number of nitrogens with one attached hydrogen (secondary N) is 1. The van der Waals surface area contributed by atoms with Crippen molar-refractivity contribution in [1.82, 2.24) is 15.1 Å². The van der Waals surface area contributed by atoms with Crippen molar-refractivity contribution in [3.63, 3.8) is 0 Å². The standard InChI is InChI=1S/C25H43N3O7/c1-5-7-19-20(8-6-2)21(19)16-35-25(33)26-10-9-22(29)28-12-11-27(14-23(30)31)18(13-28)15-34-24(32)17(3)4/h17-21H,5-16H2,1-4H3,(H,26,33)(H,30,31)/t18?,19-,20+,21-. The highest BCUT2D eigenvalue weighted by molar-refractivity contribution is 5.77. The van der Waals surface area contributed by atoms with Crippen molar-refractivity contribution < 1.29 is 33.8 Å². The van der Waals surface area contributed by atoms with Crippen LogP contribution in [0.15, 0.2) is 0 Å². The molecule has 1 heterocycles. The van der Waals surface area contributed by atoms with E-state index in [0.717, 1.165) is 12.8 Å². The van der Waals surface area contributed by atoms with Crippen molar-refractivity contribution in [2.45, 2.75) is 65.8 Å². The lowest BCUT2D eigenvalue weighted by atomic mass is 10.1. The van der Waals surface area contributed by atoms with Crippen LogP contribution in [0.2, 0.25) is 0 Å². The molecule has 0 radical (unpaired) electrons. The quantitative estimate of drug-likeness (QED) is 0.350. The van der Waals surface area contributed by atoms with E-state index in [0.29, 0.717) is 37.5 Å². The van der Waals surface area contributed by atoms with Crippen LogP contribution in [0.1, 0.15) is 59.8 Å². The number of hydrogen-bond acceptors (Lipinski definition) is 7. The number of alkyl carbamates (subject to hydrolysis) is 1. The van der Waals surface area contributed by atoms with Gasteiger partial charge in [-0.05, 0) is 17.8 Å². The largest absolute Gasteiger partial charge is 0.480 e. The molecule has 1 unspecified atom stereocenters. The summed E-state index contributed by atoms with van der Waals surface area (Å²) < 4.78 is 10.7. The molecule has 0 aromatic carbocycles. The van der Waals surface area contributed by atoms with Crippen molar-refractivity contribution in [2.24, 2.45) is 23.7 Å². The van der Waals surface area contributed by atoms with Gasteiger partial charge in [-0.2, -0.15) is 0 Å². The monoisotopic (exact) mass is 497 g/mol. The molecule has 2 rings (SSSR count). The smallest absolute Gasteiger partial charge is 0.407 e. The van der Waals surface area contributed by atoms with E-state index in [2.05, 4.69) is 19.2 Å². The Morgan fingerprint density at radius 1 is 0.971 bits per heavy atom. The molecule has 1 aliphatic heterocycles. The summed E-state index contributed by atoms with van der Waals surface area (Å²) in [5.41, 5.74) is 0. The zero-order valence-electron chi connectivity index (χ0n) is 21.7. The van der Waals surface area contributed by atoms with Crippen LogP contribution in [0.3, 0.4) is 0 Å². The van der Waals surface area contributed by atoms with E-state index in [1.54, 1.807) is 23.6 Å². The first kappa shape index (κ1) is 28.9. The number of carboxylic acids is 1. The Bertz CT molecular complexity index is 718. The molecule has 2 amide bonds. The predicted molar refractivity (Wildman–Crippen MR) is 130 cm³/mol. The molecular formula is C25H43N3O7. The van der Waals surface area contributed by atoms with Crippen LogP contribution >= 0.6 is 0 Å². The summed E-state index contributed by atoms with van der Waals surface area (Å²) in [6, 6.07) is -0.393. The molecular weight excluding hydrogens is 454 g/mol. The summed E-state index contributed by atoms with van der Waals surface area (Å²) in [7, 11) is 0. The number of piperazine rings is 1. The van der Waals surface area contributed by atoms with Crippen LogP contribution in [0.4, 0.5) is 4.79 Å². The number of esters is 1. The molecule has 0 aromatic heterocycles. The van der Waals surface area contributed by atoms with Crippen molar-refractivity contribution >= 4 is 23.9 Å². The molecule has 2 N–H and O–H groups in total. The number of carbonyl (C=O) groups is 4. The molecule has 2 aliphatic rings. The molecule has 200 valence electrons. The first-order valence-corrected chi connectivity index (χ1v) is 13.0. The summed E-state index contributed by atoms with van der Waals surface area (Å²) >= 11 is 0. The number of hydrogen-bond donors (Lipinski definition) is 2. The van der Waals surface area contributed by atoms with Crippen LogP contribution < -0.4 is 5.32 Å². The van der Waals surface area contributed by atoms with Gasteiger partial charge in [0.2, 0.25) is 5.91 Å². The second-order valence-electron chi connectivity index (χ2n) is 9.99. The number of carbonyl (C=O) groups excluding carboxylic acids is 3. The number of amides is 2. The third kappa shape index (κ3) is 9.31. The molecule has 1 saturated heterocycles. The Kier molecular flexibility index (Phi) is 11.8. The fraction of sp³-hybridized carbons (Fsp3) is 0.840. The normalized spacial score (nSPS) is 24.2. The van der Waals surface area contributed by atoms with Gasteiger partial charge in [-0.3, -0.25) is 19.3 Å². The Balaban J connectivity index is 1.74. The lowest BCUT2D eigenvalue weighted by molar-refractivity contribution is -0.151. The Morgan fingerprint density at radius 3 is 2.20 bits per heavy atom. The van der Waals surface area contributed by atoms with Crippen LogP contribution in [-0.4, -0.2) is 90.8 Å². The van der Waals surface area contributed by atoms with Gasteiger partial charge in [-0.1, -0.05) is 53.4 Å². The highest BCUT2D eigenvalue weighted by atomic mass is 16.5. The van der Waals surface area contributed by atoms with Crippen LogP contribution in [0.25, 0.3) is 0 Å². The van der Waals surface area contributed by atoms with E-state index in [1.165, 1.54) is 12.8 Å². The number of rotatable bonds is 14. The SMILES string of the molecule is CCC[C@@H]1[C@H](CCC)[C@@H]1COC(=O)NCCC(=O)N1CCN(CC(=O)O)C(COC(=O)C(C)C)C1. The van der Waals surface area contributed by atoms with E-state index >= 15 is 0 Å². The highest BCUT2D eigenvalue weighted by Gasteiger charge is 2.48. The van der Waals surface area contributed by atoms with Crippen molar-refractivity contribution in [3.8, 4) is 0 Å². The number of ether oxygens (including phenoxy) is 2. The van der Waals surface area contributed by atoms with Gasteiger partial charge >= 0.3 is 18.0 Å². The zero-order valence-corrected chi connectivity index (χ0v) is 21.7. The summed E-state index contributed by atoms with van der Waals surface area (Å²) in [4.78, 5) is 51.2. The Hall–Kier alpha value is -2.36. The number of nitrogens with zero attached hydrogens (tertiary/aromatic N) is 2. The molecule has 1 saturated carbocycles. The maximum absolute atomic E-state index is 12.7. The minimum atomic E-state index is -0.971. The van der Waals surface area contributed by atoms with Crippen molar-refractivity contribution in [1.29, 1.82) is 0 Å². The molecule has 10 nitrogen and oxygen atoms in total. The van der Waals surface area contributed by atoms with Gasteiger partial charge in [0, 0.05) is 32.6 Å². The molecule has 1 aliphatic carbocycles. The van der Waals surface area contributed by atoms with E-state index in [-0.39, 0.29) is 50.5 Å². The van der Waals surface area contributed by atoms with Gasteiger partial charge in [0.15, 0.2) is 0 Å². The highest BCUT2D eigenvalue weighted by Crippen LogP contribution is 2.51. The lowest BCUT2D eigenvalue weighted by Crippen LogP contribution is -2.57. The third-order valence-corrected chi connectivity index (χ3v) is 6.95. The van der Waals surface area contributed by atoms with Crippen LogP contribution in [-0.2, 0) is 23.9 Å². The first-order valence-electron chi connectivity index (χ1n) is 13.0. The number of aliphatic carboxylic acids is 1. The maximum atomic E-state index is 12.7. The molecule has 2 fully saturated rings. The topological polar surface area (TPSA) is 125 Å². The minimum Gasteiger partial charge on any atom is -0.480 e. The summed E-state index contributed by atoms with van der Waals surface area (Å²) in [5.74, 6) is -0.00540. The van der Waals surface area contributed by atoms with E-state index < -0.39 is 18.1 Å². The molecule has 0 aromatic rings. The average Bonchev–Trinajstić information content (AvgIpc) is 3.46. The fourth-order valence-electron chi connectivity index (χ4n) is 4.95. The van der Waals surface area contributed by atoms with Gasteiger partial charge in [0.25, 0.3) is 0 Å². The van der Waals surface area contributed by atoms with Gasteiger partial charge in [-0.25, -0.2) is 4.79 Å². The number of carboxylic acid groups (broad SMARTS) is 1. The van der Waals surface area contributed by atoms with Gasteiger partial charge in [0.1, 0.15) is 6.61 Å². The molecule has 10 heteroatoms. The van der Waals surface area contributed by atoms with Crippen molar-refractivity contribution in [2.75, 3.05) is 45.9 Å². The van der Waals surface area contributed by atoms with Gasteiger partial charge in [0.05, 0.1) is 25.1 Å².